The smallest absolute Gasteiger partial charge is 0.277 e. The second kappa shape index (κ2) is 8.68. The van der Waals surface area contributed by atoms with Gasteiger partial charge in [0, 0.05) is 27.1 Å². The average molecular weight is 426 g/mol. The Labute approximate surface area is 166 Å². The van der Waals surface area contributed by atoms with Crippen molar-refractivity contribution >= 4 is 28.1 Å². The highest BCUT2D eigenvalue weighted by Crippen LogP contribution is 2.21. The van der Waals surface area contributed by atoms with Crippen LogP contribution in [0.15, 0.2) is 70.2 Å². The quantitative estimate of drug-likeness (QED) is 0.470. The third kappa shape index (κ3) is 4.86. The van der Waals surface area contributed by atoms with Crippen molar-refractivity contribution < 1.29 is 9.53 Å². The lowest BCUT2D eigenvalue weighted by molar-refractivity contribution is -0.123. The van der Waals surface area contributed by atoms with Gasteiger partial charge in [-0.05, 0) is 56.3 Å². The predicted molar refractivity (Wildman–Crippen MR) is 111 cm³/mol. The van der Waals surface area contributed by atoms with Crippen molar-refractivity contribution in [3.05, 3.63) is 82.1 Å². The number of carbonyl (C=O) groups excluding carboxylic acids is 1. The molecular formula is C21H20BrN3O2. The van der Waals surface area contributed by atoms with E-state index in [0.29, 0.717) is 5.75 Å². The molecule has 0 bridgehead atoms. The number of hydrogen-bond donors (Lipinski definition) is 1. The molecular weight excluding hydrogens is 406 g/mol. The number of halogens is 1. The van der Waals surface area contributed by atoms with Gasteiger partial charge in [-0.15, -0.1) is 0 Å². The van der Waals surface area contributed by atoms with Gasteiger partial charge in [-0.25, -0.2) is 5.43 Å². The van der Waals surface area contributed by atoms with Gasteiger partial charge in [0.25, 0.3) is 5.91 Å². The van der Waals surface area contributed by atoms with Crippen molar-refractivity contribution in [3.8, 4) is 11.4 Å². The molecule has 0 spiro atoms. The summed E-state index contributed by atoms with van der Waals surface area (Å²) in [7, 11) is 0. The molecule has 0 unspecified atom stereocenters. The molecule has 1 N–H and O–H groups in total. The Balaban J connectivity index is 1.63. The van der Waals surface area contributed by atoms with Crippen LogP contribution in [0.5, 0.6) is 5.75 Å². The number of amides is 1. The van der Waals surface area contributed by atoms with Crippen LogP contribution >= 0.6 is 15.9 Å². The van der Waals surface area contributed by atoms with Crippen LogP contribution < -0.4 is 10.2 Å². The molecule has 6 heteroatoms. The number of carbonyl (C=O) groups is 1. The largest absolute Gasteiger partial charge is 0.484 e. The topological polar surface area (TPSA) is 55.6 Å². The summed E-state index contributed by atoms with van der Waals surface area (Å²) in [6, 6.07) is 19.3. The van der Waals surface area contributed by atoms with Crippen molar-refractivity contribution in [2.75, 3.05) is 6.61 Å². The molecule has 1 aromatic heterocycles. The van der Waals surface area contributed by atoms with Gasteiger partial charge in [0.05, 0.1) is 6.21 Å². The van der Waals surface area contributed by atoms with Crippen LogP contribution in [-0.2, 0) is 4.79 Å². The molecule has 0 aliphatic rings. The molecule has 0 saturated carbocycles. The van der Waals surface area contributed by atoms with Crippen LogP contribution in [0.2, 0.25) is 0 Å². The maximum Gasteiger partial charge on any atom is 0.277 e. The Kier molecular flexibility index (Phi) is 6.08. The van der Waals surface area contributed by atoms with E-state index in [1.807, 2.05) is 62.4 Å². The molecule has 0 atom stereocenters. The molecule has 3 rings (SSSR count). The SMILES string of the molecule is Cc1cc(/C=N\NC(=O)COc2ccccc2)c(C)n1-c1ccc(Br)cc1. The number of nitrogens with zero attached hydrogens (tertiary/aromatic N) is 2. The highest BCUT2D eigenvalue weighted by molar-refractivity contribution is 9.10. The second-order valence-corrected chi connectivity index (χ2v) is 6.95. The zero-order valence-corrected chi connectivity index (χ0v) is 16.7. The second-order valence-electron chi connectivity index (χ2n) is 6.03. The maximum absolute atomic E-state index is 11.9. The molecule has 0 aliphatic carbocycles. The van der Waals surface area contributed by atoms with E-state index in [4.69, 9.17) is 4.74 Å². The van der Waals surface area contributed by atoms with Gasteiger partial charge < -0.3 is 9.30 Å². The fourth-order valence-corrected chi connectivity index (χ4v) is 3.04. The van der Waals surface area contributed by atoms with Crippen LogP contribution in [0.4, 0.5) is 0 Å². The Morgan fingerprint density at radius 1 is 1.15 bits per heavy atom. The van der Waals surface area contributed by atoms with Crippen molar-refractivity contribution in [2.24, 2.45) is 5.10 Å². The lowest BCUT2D eigenvalue weighted by Gasteiger charge is -2.09. The number of aromatic nitrogens is 1. The van der Waals surface area contributed by atoms with Crippen molar-refractivity contribution in [1.82, 2.24) is 9.99 Å². The third-order valence-corrected chi connectivity index (χ3v) is 4.59. The number of hydrogen-bond acceptors (Lipinski definition) is 3. The minimum Gasteiger partial charge on any atom is -0.484 e. The normalized spacial score (nSPS) is 10.9. The zero-order valence-electron chi connectivity index (χ0n) is 15.1. The van der Waals surface area contributed by atoms with Crippen LogP contribution in [0.3, 0.4) is 0 Å². The van der Waals surface area contributed by atoms with Gasteiger partial charge in [0.1, 0.15) is 5.75 Å². The lowest BCUT2D eigenvalue weighted by Crippen LogP contribution is -2.24. The summed E-state index contributed by atoms with van der Waals surface area (Å²) in [6.07, 6.45) is 1.65. The molecule has 3 aromatic rings. The molecule has 2 aromatic carbocycles. The van der Waals surface area contributed by atoms with Crippen molar-refractivity contribution in [1.29, 1.82) is 0 Å². The fraction of sp³-hybridized carbons (Fsp3) is 0.143. The fourth-order valence-electron chi connectivity index (χ4n) is 2.78. The van der Waals surface area contributed by atoms with Gasteiger partial charge in [0.2, 0.25) is 0 Å². The van der Waals surface area contributed by atoms with E-state index in [1.165, 1.54) is 0 Å². The standard InChI is InChI=1S/C21H20BrN3O2/c1-15-12-17(16(2)25(15)19-10-8-18(22)9-11-19)13-23-24-21(26)14-27-20-6-4-3-5-7-20/h3-13H,14H2,1-2H3,(H,24,26)/b23-13-. The summed E-state index contributed by atoms with van der Waals surface area (Å²) in [5, 5.41) is 4.05. The first-order valence-electron chi connectivity index (χ1n) is 8.49. The molecule has 0 radical (unpaired) electrons. The number of para-hydroxylation sites is 1. The number of ether oxygens (including phenoxy) is 1. The Morgan fingerprint density at radius 3 is 2.56 bits per heavy atom. The van der Waals surface area contributed by atoms with Gasteiger partial charge in [0.15, 0.2) is 6.61 Å². The Hall–Kier alpha value is -2.86. The molecule has 27 heavy (non-hydrogen) atoms. The predicted octanol–water partition coefficient (Wildman–Crippen LogP) is 4.39. The number of benzene rings is 2. The summed E-state index contributed by atoms with van der Waals surface area (Å²) >= 11 is 3.45. The molecule has 1 amide bonds. The van der Waals surface area contributed by atoms with E-state index in [-0.39, 0.29) is 12.5 Å². The summed E-state index contributed by atoms with van der Waals surface area (Å²) in [6.45, 7) is 3.98. The summed E-state index contributed by atoms with van der Waals surface area (Å²) in [5.74, 6) is 0.339. The number of rotatable bonds is 6. The van der Waals surface area contributed by atoms with E-state index in [0.717, 1.165) is 27.1 Å². The van der Waals surface area contributed by atoms with Crippen LogP contribution in [0.1, 0.15) is 17.0 Å². The minimum atomic E-state index is -0.308. The molecule has 0 fully saturated rings. The highest BCUT2D eigenvalue weighted by Gasteiger charge is 2.09. The summed E-state index contributed by atoms with van der Waals surface area (Å²) in [4.78, 5) is 11.9. The van der Waals surface area contributed by atoms with E-state index >= 15 is 0 Å². The monoisotopic (exact) mass is 425 g/mol. The van der Waals surface area contributed by atoms with E-state index in [9.17, 15) is 4.79 Å². The van der Waals surface area contributed by atoms with Crippen LogP contribution in [0, 0.1) is 13.8 Å². The van der Waals surface area contributed by atoms with Gasteiger partial charge in [-0.1, -0.05) is 34.1 Å². The van der Waals surface area contributed by atoms with E-state index in [1.54, 1.807) is 18.3 Å². The Bertz CT molecular complexity index is 948. The zero-order chi connectivity index (χ0) is 19.2. The Morgan fingerprint density at radius 2 is 1.85 bits per heavy atom. The number of hydrazone groups is 1. The first kappa shape index (κ1) is 18.9. The molecule has 138 valence electrons. The van der Waals surface area contributed by atoms with Crippen LogP contribution in [0.25, 0.3) is 5.69 Å². The van der Waals surface area contributed by atoms with E-state index < -0.39 is 0 Å². The molecule has 0 aliphatic heterocycles. The first-order valence-corrected chi connectivity index (χ1v) is 9.28. The third-order valence-electron chi connectivity index (χ3n) is 4.06. The molecule has 1 heterocycles. The lowest BCUT2D eigenvalue weighted by atomic mass is 10.2. The van der Waals surface area contributed by atoms with Crippen molar-refractivity contribution in [2.45, 2.75) is 13.8 Å². The van der Waals surface area contributed by atoms with E-state index in [2.05, 4.69) is 31.0 Å². The molecule has 5 nitrogen and oxygen atoms in total. The maximum atomic E-state index is 11.9. The number of nitrogens with one attached hydrogen (secondary N) is 1. The average Bonchev–Trinajstić information content (AvgIpc) is 2.95. The number of aryl methyl sites for hydroxylation is 1. The van der Waals surface area contributed by atoms with Crippen molar-refractivity contribution in [3.63, 3.8) is 0 Å². The summed E-state index contributed by atoms with van der Waals surface area (Å²) in [5.41, 5.74) is 6.66. The summed E-state index contributed by atoms with van der Waals surface area (Å²) < 4.78 is 8.58. The van der Waals surface area contributed by atoms with Gasteiger partial charge in [-0.3, -0.25) is 4.79 Å². The minimum absolute atomic E-state index is 0.0841. The van der Waals surface area contributed by atoms with Gasteiger partial charge in [-0.2, -0.15) is 5.10 Å². The first-order chi connectivity index (χ1) is 13.0. The van der Waals surface area contributed by atoms with Gasteiger partial charge >= 0.3 is 0 Å². The van der Waals surface area contributed by atoms with Crippen LogP contribution in [-0.4, -0.2) is 23.3 Å². The highest BCUT2D eigenvalue weighted by atomic mass is 79.9. The molecule has 0 saturated heterocycles.